The monoisotopic (exact) mass is 520 g/mol. The maximum absolute atomic E-state index is 13.0. The van der Waals surface area contributed by atoms with Crippen molar-refractivity contribution in [3.8, 4) is 0 Å². The molecule has 0 saturated heterocycles. The summed E-state index contributed by atoms with van der Waals surface area (Å²) >= 11 is 3.29. The Morgan fingerprint density at radius 2 is 1.84 bits per heavy atom. The average molecular weight is 521 g/mol. The standard InChI is InChI=1S/C21H21BrN4O5S/c1-26-13-18(11-23-26)32(29,30)24-12-19(14-6-4-3-5-7-14)25-20(27)15-8-16(21(28)31-2)10-17(22)9-15/h3-11,13,19,24H,12H2,1-2H3,(H,25,27). The molecule has 0 aliphatic heterocycles. The van der Waals surface area contributed by atoms with Crippen LogP contribution in [0, 0.1) is 0 Å². The number of hydrogen-bond acceptors (Lipinski definition) is 6. The van der Waals surface area contributed by atoms with Crippen LogP contribution in [0.1, 0.15) is 32.3 Å². The molecule has 0 aliphatic carbocycles. The van der Waals surface area contributed by atoms with E-state index < -0.39 is 27.9 Å². The minimum absolute atomic E-state index is 0.0212. The summed E-state index contributed by atoms with van der Waals surface area (Å²) in [5.74, 6) is -1.06. The van der Waals surface area contributed by atoms with Gasteiger partial charge < -0.3 is 10.1 Å². The summed E-state index contributed by atoms with van der Waals surface area (Å²) in [4.78, 5) is 24.9. The van der Waals surface area contributed by atoms with Crippen LogP contribution in [0.4, 0.5) is 0 Å². The molecule has 0 aliphatic rings. The zero-order valence-electron chi connectivity index (χ0n) is 17.3. The first-order valence-electron chi connectivity index (χ1n) is 9.42. The smallest absolute Gasteiger partial charge is 0.337 e. The van der Waals surface area contributed by atoms with Crippen LogP contribution in [0.3, 0.4) is 0 Å². The highest BCUT2D eigenvalue weighted by atomic mass is 79.9. The van der Waals surface area contributed by atoms with Gasteiger partial charge in [-0.3, -0.25) is 9.48 Å². The molecule has 0 bridgehead atoms. The van der Waals surface area contributed by atoms with Crippen molar-refractivity contribution < 1.29 is 22.7 Å². The Kier molecular flexibility index (Phi) is 7.44. The van der Waals surface area contributed by atoms with Crippen LogP contribution in [0.25, 0.3) is 0 Å². The van der Waals surface area contributed by atoms with Crippen molar-refractivity contribution >= 4 is 37.8 Å². The number of nitrogens with one attached hydrogen (secondary N) is 2. The number of amides is 1. The SMILES string of the molecule is COC(=O)c1cc(Br)cc(C(=O)NC(CNS(=O)(=O)c2cnn(C)c2)c2ccccc2)c1. The highest BCUT2D eigenvalue weighted by Crippen LogP contribution is 2.19. The molecule has 3 aromatic rings. The van der Waals surface area contributed by atoms with E-state index in [-0.39, 0.29) is 22.6 Å². The van der Waals surface area contributed by atoms with E-state index in [1.54, 1.807) is 43.4 Å². The Labute approximate surface area is 194 Å². The molecule has 1 unspecified atom stereocenters. The Morgan fingerprint density at radius 3 is 2.47 bits per heavy atom. The van der Waals surface area contributed by atoms with Crippen LogP contribution in [0.5, 0.6) is 0 Å². The van der Waals surface area contributed by atoms with Crippen molar-refractivity contribution in [2.24, 2.45) is 7.05 Å². The Morgan fingerprint density at radius 1 is 1.16 bits per heavy atom. The number of methoxy groups -OCH3 is 1. The lowest BCUT2D eigenvalue weighted by Crippen LogP contribution is -2.38. The highest BCUT2D eigenvalue weighted by molar-refractivity contribution is 9.10. The second kappa shape index (κ2) is 10.1. The van der Waals surface area contributed by atoms with Gasteiger partial charge in [0.1, 0.15) is 4.90 Å². The van der Waals surface area contributed by atoms with Gasteiger partial charge in [-0.05, 0) is 23.8 Å². The molecule has 2 aromatic carbocycles. The number of halogens is 1. The van der Waals surface area contributed by atoms with E-state index in [1.165, 1.54) is 30.3 Å². The van der Waals surface area contributed by atoms with E-state index in [2.05, 4.69) is 31.1 Å². The van der Waals surface area contributed by atoms with Crippen molar-refractivity contribution in [3.63, 3.8) is 0 Å². The van der Waals surface area contributed by atoms with Crippen LogP contribution in [0.15, 0.2) is 70.3 Å². The molecule has 0 spiro atoms. The molecule has 3 rings (SSSR count). The first-order valence-corrected chi connectivity index (χ1v) is 11.7. The van der Waals surface area contributed by atoms with E-state index in [4.69, 9.17) is 4.74 Å². The average Bonchev–Trinajstić information content (AvgIpc) is 3.23. The van der Waals surface area contributed by atoms with Gasteiger partial charge in [0.25, 0.3) is 5.91 Å². The number of ether oxygens (including phenoxy) is 1. The molecule has 1 aromatic heterocycles. The van der Waals surface area contributed by atoms with Gasteiger partial charge in [-0.1, -0.05) is 46.3 Å². The molecule has 0 saturated carbocycles. The molecule has 32 heavy (non-hydrogen) atoms. The summed E-state index contributed by atoms with van der Waals surface area (Å²) < 4.78 is 34.3. The first-order chi connectivity index (χ1) is 15.2. The number of carbonyl (C=O) groups excluding carboxylic acids is 2. The topological polar surface area (TPSA) is 119 Å². The molecule has 11 heteroatoms. The minimum atomic E-state index is -3.82. The van der Waals surface area contributed by atoms with Crippen LogP contribution in [-0.4, -0.2) is 43.7 Å². The second-order valence-corrected chi connectivity index (χ2v) is 9.54. The lowest BCUT2D eigenvalue weighted by Gasteiger charge is -2.20. The lowest BCUT2D eigenvalue weighted by atomic mass is 10.1. The molecule has 2 N–H and O–H groups in total. The number of nitrogens with zero attached hydrogens (tertiary/aromatic N) is 2. The Hall–Kier alpha value is -3.02. The Bertz CT molecular complexity index is 1230. The number of rotatable bonds is 8. The van der Waals surface area contributed by atoms with Crippen molar-refractivity contribution in [2.75, 3.05) is 13.7 Å². The van der Waals surface area contributed by atoms with Crippen molar-refractivity contribution in [2.45, 2.75) is 10.9 Å². The molecule has 0 radical (unpaired) electrons. The number of carbonyl (C=O) groups is 2. The fourth-order valence-electron chi connectivity index (χ4n) is 2.95. The fraction of sp³-hybridized carbons (Fsp3) is 0.190. The predicted octanol–water partition coefficient (Wildman–Crippen LogP) is 2.42. The maximum Gasteiger partial charge on any atom is 0.337 e. The molecule has 1 amide bonds. The molecule has 1 atom stereocenters. The predicted molar refractivity (Wildman–Crippen MR) is 121 cm³/mol. The third-order valence-corrected chi connectivity index (χ3v) is 6.39. The molecule has 0 fully saturated rings. The number of esters is 1. The third-order valence-electron chi connectivity index (χ3n) is 4.56. The number of sulfonamides is 1. The number of benzene rings is 2. The minimum Gasteiger partial charge on any atom is -0.465 e. The molecular formula is C21H21BrN4O5S. The van der Waals surface area contributed by atoms with Gasteiger partial charge in [-0.25, -0.2) is 17.9 Å². The van der Waals surface area contributed by atoms with E-state index in [0.717, 1.165) is 0 Å². The van der Waals surface area contributed by atoms with Gasteiger partial charge >= 0.3 is 5.97 Å². The summed E-state index contributed by atoms with van der Waals surface area (Å²) in [5, 5.41) is 6.71. The zero-order chi connectivity index (χ0) is 23.3. The largest absolute Gasteiger partial charge is 0.465 e. The molecule has 1 heterocycles. The van der Waals surface area contributed by atoms with Crippen LogP contribution in [0.2, 0.25) is 0 Å². The van der Waals surface area contributed by atoms with Crippen molar-refractivity contribution in [3.05, 3.63) is 82.1 Å². The van der Waals surface area contributed by atoms with E-state index in [9.17, 15) is 18.0 Å². The second-order valence-electron chi connectivity index (χ2n) is 6.86. The summed E-state index contributed by atoms with van der Waals surface area (Å²) in [6.45, 7) is -0.0924. The number of aryl methyl sites for hydroxylation is 1. The molecule has 9 nitrogen and oxygen atoms in total. The van der Waals surface area contributed by atoms with E-state index in [0.29, 0.717) is 10.0 Å². The van der Waals surface area contributed by atoms with Crippen molar-refractivity contribution in [1.82, 2.24) is 19.8 Å². The van der Waals surface area contributed by atoms with Gasteiger partial charge in [0.2, 0.25) is 10.0 Å². The van der Waals surface area contributed by atoms with E-state index >= 15 is 0 Å². The summed E-state index contributed by atoms with van der Waals surface area (Å²) in [6.07, 6.45) is 2.63. The first kappa shape index (κ1) is 23.6. The molecular weight excluding hydrogens is 500 g/mol. The summed E-state index contributed by atoms with van der Waals surface area (Å²) in [7, 11) is -0.954. The van der Waals surface area contributed by atoms with Gasteiger partial charge in [-0.15, -0.1) is 0 Å². The van der Waals surface area contributed by atoms with Gasteiger partial charge in [0, 0.05) is 29.8 Å². The summed E-state index contributed by atoms with van der Waals surface area (Å²) in [6, 6.07) is 12.8. The van der Waals surface area contributed by atoms with Crippen molar-refractivity contribution in [1.29, 1.82) is 0 Å². The van der Waals surface area contributed by atoms with Crippen LogP contribution >= 0.6 is 15.9 Å². The summed E-state index contributed by atoms with van der Waals surface area (Å²) in [5.41, 5.74) is 1.13. The number of aromatic nitrogens is 2. The normalized spacial score (nSPS) is 12.2. The third kappa shape index (κ3) is 5.81. The van der Waals surface area contributed by atoms with Crippen LogP contribution < -0.4 is 10.0 Å². The van der Waals surface area contributed by atoms with E-state index in [1.807, 2.05) is 6.07 Å². The fourth-order valence-corrected chi connectivity index (χ4v) is 4.47. The maximum atomic E-state index is 13.0. The van der Waals surface area contributed by atoms with Gasteiger partial charge in [0.15, 0.2) is 0 Å². The quantitative estimate of drug-likeness (QED) is 0.440. The number of hydrogen-bond donors (Lipinski definition) is 2. The molecule has 168 valence electrons. The highest BCUT2D eigenvalue weighted by Gasteiger charge is 2.22. The van der Waals surface area contributed by atoms with Crippen LogP contribution in [-0.2, 0) is 21.8 Å². The van der Waals surface area contributed by atoms with Gasteiger partial charge in [-0.2, -0.15) is 5.10 Å². The lowest BCUT2D eigenvalue weighted by molar-refractivity contribution is 0.0600. The van der Waals surface area contributed by atoms with Gasteiger partial charge in [0.05, 0.1) is 24.9 Å². The Balaban J connectivity index is 1.83. The zero-order valence-corrected chi connectivity index (χ0v) is 19.7.